The Morgan fingerprint density at radius 3 is 2.82 bits per heavy atom. The minimum atomic E-state index is -2.97. The number of hydrogen-bond donors (Lipinski definition) is 2. The SMILES string of the molecule is CS(=O)(=O)CCCNC(=O)Cn1cnc(N)n1. The Kier molecular flexibility index (Phi) is 4.44. The van der Waals surface area contributed by atoms with E-state index in [1.165, 1.54) is 11.0 Å². The Labute approximate surface area is 99.1 Å². The van der Waals surface area contributed by atoms with Crippen molar-refractivity contribution in [2.75, 3.05) is 24.3 Å². The van der Waals surface area contributed by atoms with E-state index in [2.05, 4.69) is 15.4 Å². The number of aromatic nitrogens is 3. The van der Waals surface area contributed by atoms with Gasteiger partial charge in [-0.25, -0.2) is 18.1 Å². The van der Waals surface area contributed by atoms with Gasteiger partial charge in [-0.1, -0.05) is 0 Å². The first-order valence-electron chi connectivity index (χ1n) is 4.96. The van der Waals surface area contributed by atoms with Gasteiger partial charge in [-0.2, -0.15) is 0 Å². The molecule has 1 amide bonds. The lowest BCUT2D eigenvalue weighted by atomic mass is 10.4. The van der Waals surface area contributed by atoms with Gasteiger partial charge in [0.15, 0.2) is 0 Å². The van der Waals surface area contributed by atoms with Crippen molar-refractivity contribution in [3.8, 4) is 0 Å². The summed E-state index contributed by atoms with van der Waals surface area (Å²) in [4.78, 5) is 15.0. The van der Waals surface area contributed by atoms with Gasteiger partial charge >= 0.3 is 0 Å². The molecule has 0 radical (unpaired) electrons. The van der Waals surface area contributed by atoms with Gasteiger partial charge in [-0.05, 0) is 6.42 Å². The lowest BCUT2D eigenvalue weighted by Crippen LogP contribution is -2.29. The summed E-state index contributed by atoms with van der Waals surface area (Å²) in [6.45, 7) is 0.332. The Morgan fingerprint density at radius 1 is 1.59 bits per heavy atom. The predicted octanol–water partition coefficient (Wildman–Crippen LogP) is -1.59. The number of anilines is 1. The minimum Gasteiger partial charge on any atom is -0.367 e. The lowest BCUT2D eigenvalue weighted by Gasteiger charge is -2.04. The number of nitrogens with one attached hydrogen (secondary N) is 1. The van der Waals surface area contributed by atoms with Gasteiger partial charge in [0.2, 0.25) is 11.9 Å². The quantitative estimate of drug-likeness (QED) is 0.596. The number of rotatable bonds is 6. The van der Waals surface area contributed by atoms with E-state index in [1.807, 2.05) is 0 Å². The van der Waals surface area contributed by atoms with Crippen molar-refractivity contribution in [1.29, 1.82) is 0 Å². The molecule has 8 nitrogen and oxygen atoms in total. The van der Waals surface area contributed by atoms with E-state index in [0.717, 1.165) is 6.26 Å². The molecule has 0 aromatic carbocycles. The maximum absolute atomic E-state index is 11.4. The molecule has 1 rings (SSSR count). The standard InChI is InChI=1S/C8H15N5O3S/c1-17(15,16)4-2-3-10-7(14)5-13-6-11-8(9)12-13/h6H,2-5H2,1H3,(H2,9,12)(H,10,14). The largest absolute Gasteiger partial charge is 0.367 e. The Bertz CT molecular complexity index is 481. The number of amides is 1. The van der Waals surface area contributed by atoms with Crippen LogP contribution in [0.1, 0.15) is 6.42 Å². The molecule has 0 atom stereocenters. The highest BCUT2D eigenvalue weighted by Gasteiger charge is 2.05. The van der Waals surface area contributed by atoms with Gasteiger partial charge in [0, 0.05) is 12.8 Å². The van der Waals surface area contributed by atoms with Gasteiger partial charge < -0.3 is 11.1 Å². The van der Waals surface area contributed by atoms with E-state index in [1.54, 1.807) is 0 Å². The number of hydrogen-bond acceptors (Lipinski definition) is 6. The fourth-order valence-corrected chi connectivity index (χ4v) is 1.82. The summed E-state index contributed by atoms with van der Waals surface area (Å²) in [5, 5.41) is 6.32. The molecule has 3 N–H and O–H groups in total. The third-order valence-electron chi connectivity index (χ3n) is 1.87. The molecule has 17 heavy (non-hydrogen) atoms. The van der Waals surface area contributed by atoms with Crippen molar-refractivity contribution in [1.82, 2.24) is 20.1 Å². The van der Waals surface area contributed by atoms with E-state index in [-0.39, 0.29) is 24.2 Å². The fourth-order valence-electron chi connectivity index (χ4n) is 1.15. The number of nitrogens with two attached hydrogens (primary N) is 1. The van der Waals surface area contributed by atoms with Crippen LogP contribution in [0.4, 0.5) is 5.95 Å². The van der Waals surface area contributed by atoms with Crippen LogP contribution in [0.25, 0.3) is 0 Å². The van der Waals surface area contributed by atoms with E-state index >= 15 is 0 Å². The summed E-state index contributed by atoms with van der Waals surface area (Å²) in [5.41, 5.74) is 5.28. The number of carbonyl (C=O) groups is 1. The second kappa shape index (κ2) is 5.62. The number of nitrogens with zero attached hydrogens (tertiary/aromatic N) is 3. The molecule has 9 heteroatoms. The van der Waals surface area contributed by atoms with Crippen LogP contribution < -0.4 is 11.1 Å². The molecule has 0 aliphatic carbocycles. The topological polar surface area (TPSA) is 120 Å². The average molecular weight is 261 g/mol. The van der Waals surface area contributed by atoms with Crippen LogP contribution in [0.15, 0.2) is 6.33 Å². The predicted molar refractivity (Wildman–Crippen MR) is 61.8 cm³/mol. The zero-order valence-corrected chi connectivity index (χ0v) is 10.3. The molecule has 96 valence electrons. The molecule has 0 unspecified atom stereocenters. The Morgan fingerprint density at radius 2 is 2.29 bits per heavy atom. The van der Waals surface area contributed by atoms with Crippen molar-refractivity contribution in [2.45, 2.75) is 13.0 Å². The van der Waals surface area contributed by atoms with Crippen LogP contribution in [0, 0.1) is 0 Å². The van der Waals surface area contributed by atoms with Crippen molar-refractivity contribution in [3.05, 3.63) is 6.33 Å². The van der Waals surface area contributed by atoms with Crippen molar-refractivity contribution >= 4 is 21.7 Å². The van der Waals surface area contributed by atoms with Crippen LogP contribution in [0.2, 0.25) is 0 Å². The van der Waals surface area contributed by atoms with Crippen LogP contribution in [0.5, 0.6) is 0 Å². The Hall–Kier alpha value is -1.64. The van der Waals surface area contributed by atoms with Crippen molar-refractivity contribution < 1.29 is 13.2 Å². The summed E-state index contributed by atoms with van der Waals surface area (Å²) in [7, 11) is -2.97. The van der Waals surface area contributed by atoms with Crippen LogP contribution >= 0.6 is 0 Å². The van der Waals surface area contributed by atoms with Crippen LogP contribution in [0.3, 0.4) is 0 Å². The number of carbonyl (C=O) groups excluding carboxylic acids is 1. The second-order valence-electron chi connectivity index (χ2n) is 3.63. The van der Waals surface area contributed by atoms with Gasteiger partial charge in [0.1, 0.15) is 22.7 Å². The number of sulfone groups is 1. The normalized spacial score (nSPS) is 11.4. The van der Waals surface area contributed by atoms with Gasteiger partial charge in [-0.3, -0.25) is 4.79 Å². The van der Waals surface area contributed by atoms with Crippen LogP contribution in [-0.4, -0.2) is 47.6 Å². The smallest absolute Gasteiger partial charge is 0.241 e. The Balaban J connectivity index is 2.22. The molecule has 0 aliphatic rings. The van der Waals surface area contributed by atoms with Gasteiger partial charge in [0.05, 0.1) is 5.75 Å². The zero-order chi connectivity index (χ0) is 12.9. The van der Waals surface area contributed by atoms with E-state index in [9.17, 15) is 13.2 Å². The molecule has 0 saturated heterocycles. The minimum absolute atomic E-state index is 0.0169. The molecule has 0 bridgehead atoms. The first kappa shape index (κ1) is 13.4. The average Bonchev–Trinajstić information content (AvgIpc) is 2.57. The fraction of sp³-hybridized carbons (Fsp3) is 0.625. The first-order valence-corrected chi connectivity index (χ1v) is 7.02. The summed E-state index contributed by atoms with van der Waals surface area (Å²) >= 11 is 0. The molecule has 0 fully saturated rings. The third-order valence-corrected chi connectivity index (χ3v) is 2.90. The first-order chi connectivity index (χ1) is 7.87. The summed E-state index contributed by atoms with van der Waals surface area (Å²) in [6, 6.07) is 0. The van der Waals surface area contributed by atoms with Gasteiger partial charge in [-0.15, -0.1) is 5.10 Å². The maximum atomic E-state index is 11.4. The molecule has 0 saturated carbocycles. The highest BCUT2D eigenvalue weighted by molar-refractivity contribution is 7.90. The monoisotopic (exact) mass is 261 g/mol. The lowest BCUT2D eigenvalue weighted by molar-refractivity contribution is -0.121. The maximum Gasteiger partial charge on any atom is 0.241 e. The van der Waals surface area contributed by atoms with Crippen molar-refractivity contribution in [2.24, 2.45) is 0 Å². The molecule has 0 aliphatic heterocycles. The van der Waals surface area contributed by atoms with E-state index in [0.29, 0.717) is 13.0 Å². The molecule has 1 aromatic heterocycles. The summed E-state index contributed by atoms with van der Waals surface area (Å²) < 4.78 is 22.9. The van der Waals surface area contributed by atoms with Crippen LogP contribution in [-0.2, 0) is 21.2 Å². The van der Waals surface area contributed by atoms with E-state index < -0.39 is 9.84 Å². The molecule has 1 heterocycles. The zero-order valence-electron chi connectivity index (χ0n) is 9.46. The summed E-state index contributed by atoms with van der Waals surface area (Å²) in [5.74, 6) is -0.0953. The van der Waals surface area contributed by atoms with E-state index in [4.69, 9.17) is 5.73 Å². The van der Waals surface area contributed by atoms with Crippen molar-refractivity contribution in [3.63, 3.8) is 0 Å². The second-order valence-corrected chi connectivity index (χ2v) is 5.89. The third kappa shape index (κ3) is 5.85. The molecule has 0 spiro atoms. The molecular formula is C8H15N5O3S. The highest BCUT2D eigenvalue weighted by Crippen LogP contribution is 1.90. The van der Waals surface area contributed by atoms with Gasteiger partial charge in [0.25, 0.3) is 0 Å². The summed E-state index contributed by atoms with van der Waals surface area (Å²) in [6.07, 6.45) is 2.91. The number of nitrogen functional groups attached to an aromatic ring is 1. The molecule has 1 aromatic rings. The highest BCUT2D eigenvalue weighted by atomic mass is 32.2. The molecular weight excluding hydrogens is 246 g/mol.